The summed E-state index contributed by atoms with van der Waals surface area (Å²) in [5.74, 6) is 3.17. The van der Waals surface area contributed by atoms with Crippen molar-refractivity contribution in [3.05, 3.63) is 0 Å². The van der Waals surface area contributed by atoms with Crippen LogP contribution in [0, 0.1) is 30.1 Å². The van der Waals surface area contributed by atoms with Gasteiger partial charge in [-0.3, -0.25) is 0 Å². The maximum absolute atomic E-state index is 11.1. The maximum atomic E-state index is 11.1. The Labute approximate surface area is 92.4 Å². The summed E-state index contributed by atoms with van der Waals surface area (Å²) in [4.78, 5) is 11.1. The van der Waals surface area contributed by atoms with E-state index in [-0.39, 0.29) is 6.10 Å². The molecule has 1 fully saturated rings. The van der Waals surface area contributed by atoms with Crippen LogP contribution in [0.4, 0.5) is 0 Å². The summed E-state index contributed by atoms with van der Waals surface area (Å²) in [5, 5.41) is 0. The Balaban J connectivity index is 2.62. The lowest BCUT2D eigenvalue weighted by Gasteiger charge is -2.36. The van der Waals surface area contributed by atoms with E-state index < -0.39 is 5.97 Å². The van der Waals surface area contributed by atoms with E-state index in [4.69, 9.17) is 11.2 Å². The van der Waals surface area contributed by atoms with E-state index in [1.807, 2.05) is 5.92 Å². The number of terminal acetylenes is 1. The molecule has 0 saturated heterocycles. The fraction of sp³-hybridized carbons (Fsp3) is 0.769. The van der Waals surface area contributed by atoms with Crippen molar-refractivity contribution in [1.82, 2.24) is 0 Å². The van der Waals surface area contributed by atoms with Crippen molar-refractivity contribution in [3.63, 3.8) is 0 Å². The van der Waals surface area contributed by atoms with Gasteiger partial charge in [0.15, 0.2) is 0 Å². The average Bonchev–Trinajstić information content (AvgIpc) is 2.17. The van der Waals surface area contributed by atoms with Crippen LogP contribution in [0.25, 0.3) is 0 Å². The van der Waals surface area contributed by atoms with Gasteiger partial charge in [0.25, 0.3) is 0 Å². The van der Waals surface area contributed by atoms with Gasteiger partial charge in [0.05, 0.1) is 0 Å². The van der Waals surface area contributed by atoms with Crippen molar-refractivity contribution < 1.29 is 9.53 Å². The Morgan fingerprint density at radius 2 is 2.13 bits per heavy atom. The summed E-state index contributed by atoms with van der Waals surface area (Å²) in [7, 11) is 0. The van der Waals surface area contributed by atoms with Crippen molar-refractivity contribution in [2.75, 3.05) is 0 Å². The van der Waals surface area contributed by atoms with E-state index in [9.17, 15) is 4.79 Å². The van der Waals surface area contributed by atoms with Gasteiger partial charge in [-0.1, -0.05) is 27.2 Å². The summed E-state index contributed by atoms with van der Waals surface area (Å²) in [6.45, 7) is 6.56. The molecular formula is C13H20O2. The van der Waals surface area contributed by atoms with Gasteiger partial charge in [-0.25, -0.2) is 4.79 Å². The van der Waals surface area contributed by atoms with Crippen LogP contribution >= 0.6 is 0 Å². The molecule has 0 spiro atoms. The number of ether oxygens (including phenoxy) is 1. The number of esters is 1. The number of hydrogen-bond donors (Lipinski definition) is 0. The second-order valence-corrected chi connectivity index (χ2v) is 4.91. The lowest BCUT2D eigenvalue weighted by Crippen LogP contribution is -2.35. The smallest absolute Gasteiger partial charge is 0.384 e. The van der Waals surface area contributed by atoms with Gasteiger partial charge in [0, 0.05) is 5.92 Å². The van der Waals surface area contributed by atoms with Crippen LogP contribution in [0.15, 0.2) is 0 Å². The van der Waals surface area contributed by atoms with Crippen LogP contribution in [-0.4, -0.2) is 12.1 Å². The van der Waals surface area contributed by atoms with Gasteiger partial charge in [-0.05, 0) is 30.6 Å². The predicted octanol–water partition coefficient (Wildman–Crippen LogP) is 2.62. The van der Waals surface area contributed by atoms with Crippen molar-refractivity contribution >= 4 is 5.97 Å². The van der Waals surface area contributed by atoms with E-state index in [1.165, 1.54) is 6.42 Å². The average molecular weight is 208 g/mol. The van der Waals surface area contributed by atoms with Gasteiger partial charge in [0.2, 0.25) is 0 Å². The number of hydrogen-bond acceptors (Lipinski definition) is 2. The van der Waals surface area contributed by atoms with Crippen molar-refractivity contribution in [1.29, 1.82) is 0 Å². The molecule has 3 atom stereocenters. The molecule has 0 amide bonds. The molecule has 0 radical (unpaired) electrons. The largest absolute Gasteiger partial charge is 0.452 e. The minimum absolute atomic E-state index is 0.0253. The van der Waals surface area contributed by atoms with Crippen molar-refractivity contribution in [3.8, 4) is 12.3 Å². The number of carbonyl (C=O) groups is 1. The van der Waals surface area contributed by atoms with E-state index in [1.54, 1.807) is 0 Å². The molecule has 0 aromatic carbocycles. The molecule has 1 rings (SSSR count). The van der Waals surface area contributed by atoms with E-state index in [0.29, 0.717) is 17.8 Å². The van der Waals surface area contributed by atoms with Crippen LogP contribution < -0.4 is 0 Å². The molecule has 0 unspecified atom stereocenters. The predicted molar refractivity (Wildman–Crippen MR) is 60.1 cm³/mol. The quantitative estimate of drug-likeness (QED) is 0.396. The number of rotatable bonds is 2. The monoisotopic (exact) mass is 208 g/mol. The molecule has 0 bridgehead atoms. The molecular weight excluding hydrogens is 188 g/mol. The zero-order chi connectivity index (χ0) is 11.4. The first-order chi connectivity index (χ1) is 7.04. The third kappa shape index (κ3) is 3.27. The topological polar surface area (TPSA) is 26.3 Å². The third-order valence-electron chi connectivity index (χ3n) is 3.34. The minimum atomic E-state index is -0.514. The fourth-order valence-corrected chi connectivity index (χ4v) is 2.42. The van der Waals surface area contributed by atoms with Gasteiger partial charge >= 0.3 is 5.97 Å². The molecule has 0 heterocycles. The Kier molecular flexibility index (Phi) is 4.20. The van der Waals surface area contributed by atoms with Gasteiger partial charge in [-0.2, -0.15) is 0 Å². The second kappa shape index (κ2) is 5.21. The summed E-state index contributed by atoms with van der Waals surface area (Å²) in [6, 6.07) is 0. The van der Waals surface area contributed by atoms with Gasteiger partial charge < -0.3 is 4.74 Å². The highest BCUT2D eigenvalue weighted by molar-refractivity contribution is 5.87. The molecule has 1 aliphatic rings. The van der Waals surface area contributed by atoms with Crippen LogP contribution in [0.1, 0.15) is 40.0 Å². The molecule has 2 nitrogen and oxygen atoms in total. The standard InChI is InChI=1S/C13H20O2/c1-5-13(14)15-12-8-10(4)6-7-11(12)9(2)3/h1,9-12H,6-8H2,2-4H3/t10-,11+,12+/m1/s1. The Bertz CT molecular complexity index is 262. The number of carbonyl (C=O) groups excluding carboxylic acids is 1. The van der Waals surface area contributed by atoms with Crippen molar-refractivity contribution in [2.45, 2.75) is 46.1 Å². The highest BCUT2D eigenvalue weighted by Gasteiger charge is 2.32. The van der Waals surface area contributed by atoms with Crippen molar-refractivity contribution in [2.24, 2.45) is 17.8 Å². The van der Waals surface area contributed by atoms with Crippen LogP contribution in [0.2, 0.25) is 0 Å². The Hall–Kier alpha value is -0.970. The highest BCUT2D eigenvalue weighted by Crippen LogP contribution is 2.35. The van der Waals surface area contributed by atoms with E-state index in [0.717, 1.165) is 12.8 Å². The van der Waals surface area contributed by atoms with Gasteiger partial charge in [0.1, 0.15) is 6.10 Å². The molecule has 84 valence electrons. The zero-order valence-corrected chi connectivity index (χ0v) is 9.82. The fourth-order valence-electron chi connectivity index (χ4n) is 2.42. The molecule has 0 aromatic rings. The molecule has 2 heteroatoms. The maximum Gasteiger partial charge on any atom is 0.384 e. The third-order valence-corrected chi connectivity index (χ3v) is 3.34. The Morgan fingerprint density at radius 1 is 1.47 bits per heavy atom. The summed E-state index contributed by atoms with van der Waals surface area (Å²) < 4.78 is 5.31. The van der Waals surface area contributed by atoms with Gasteiger partial charge in [-0.15, -0.1) is 6.42 Å². The molecule has 15 heavy (non-hydrogen) atoms. The zero-order valence-electron chi connectivity index (χ0n) is 9.82. The van der Waals surface area contributed by atoms with E-state index >= 15 is 0 Å². The van der Waals surface area contributed by atoms with Crippen LogP contribution in [0.3, 0.4) is 0 Å². The highest BCUT2D eigenvalue weighted by atomic mass is 16.5. The summed E-state index contributed by atoms with van der Waals surface area (Å²) in [5.41, 5.74) is 0. The first kappa shape index (κ1) is 12.1. The SMILES string of the molecule is C#CC(=O)O[C@H]1C[C@H](C)CC[C@H]1C(C)C. The molecule has 0 N–H and O–H groups in total. The minimum Gasteiger partial charge on any atom is -0.452 e. The first-order valence-corrected chi connectivity index (χ1v) is 5.71. The van der Waals surface area contributed by atoms with Crippen LogP contribution in [0.5, 0.6) is 0 Å². The first-order valence-electron chi connectivity index (χ1n) is 5.71. The molecule has 1 aliphatic carbocycles. The lowest BCUT2D eigenvalue weighted by molar-refractivity contribution is -0.148. The molecule has 1 saturated carbocycles. The normalized spacial score (nSPS) is 31.0. The summed E-state index contributed by atoms with van der Waals surface area (Å²) in [6.07, 6.45) is 8.37. The van der Waals surface area contributed by atoms with Crippen LogP contribution in [-0.2, 0) is 9.53 Å². The summed E-state index contributed by atoms with van der Waals surface area (Å²) >= 11 is 0. The molecule has 0 aromatic heterocycles. The lowest BCUT2D eigenvalue weighted by atomic mass is 9.75. The second-order valence-electron chi connectivity index (χ2n) is 4.91. The molecule has 0 aliphatic heterocycles. The Morgan fingerprint density at radius 3 is 2.67 bits per heavy atom. The van der Waals surface area contributed by atoms with E-state index in [2.05, 4.69) is 20.8 Å².